The van der Waals surface area contributed by atoms with Gasteiger partial charge in [0.05, 0.1) is 0 Å². The van der Waals surface area contributed by atoms with E-state index in [1.165, 1.54) is 37.7 Å². The fraction of sp³-hybridized carbons (Fsp3) is 0.600. The smallest absolute Gasteiger partial charge is 0.0145 e. The maximum absolute atomic E-state index is 5.93. The van der Waals surface area contributed by atoms with E-state index in [1.807, 2.05) is 0 Å². The molecule has 3 rings (SSSR count). The highest BCUT2D eigenvalue weighted by molar-refractivity contribution is 5.27. The van der Waals surface area contributed by atoms with Gasteiger partial charge in [0.2, 0.25) is 0 Å². The number of benzene rings is 1. The van der Waals surface area contributed by atoms with Gasteiger partial charge >= 0.3 is 0 Å². The summed E-state index contributed by atoms with van der Waals surface area (Å²) < 4.78 is 0. The molecule has 2 atom stereocenters. The summed E-state index contributed by atoms with van der Waals surface area (Å²) in [5, 5.41) is 3.81. The van der Waals surface area contributed by atoms with E-state index in [0.717, 1.165) is 12.0 Å². The second kappa shape index (κ2) is 4.79. The Labute approximate surface area is 104 Å². The number of rotatable bonds is 3. The van der Waals surface area contributed by atoms with Crippen LogP contribution >= 0.6 is 0 Å². The standard InChI is InChI=1S/C15H22N2/c16-12-6-8-13(9-7-12)17-15-10-14(15)11-4-2-1-3-5-11/h1-5,12-15,17H,6-10,16H2/t12?,13?,14-,15-/m1/s1. The third-order valence-corrected chi connectivity index (χ3v) is 4.24. The van der Waals surface area contributed by atoms with E-state index in [0.29, 0.717) is 12.1 Å². The van der Waals surface area contributed by atoms with Gasteiger partial charge in [0, 0.05) is 24.0 Å². The zero-order valence-corrected chi connectivity index (χ0v) is 10.3. The Balaban J connectivity index is 1.49. The van der Waals surface area contributed by atoms with Crippen molar-refractivity contribution in [3.63, 3.8) is 0 Å². The van der Waals surface area contributed by atoms with Crippen molar-refractivity contribution in [2.24, 2.45) is 5.73 Å². The molecule has 2 fully saturated rings. The lowest BCUT2D eigenvalue weighted by Crippen LogP contribution is -2.38. The van der Waals surface area contributed by atoms with Gasteiger partial charge in [-0.1, -0.05) is 30.3 Å². The lowest BCUT2D eigenvalue weighted by atomic mass is 9.92. The number of nitrogens with one attached hydrogen (secondary N) is 1. The second-order valence-electron chi connectivity index (χ2n) is 5.64. The molecule has 0 unspecified atom stereocenters. The van der Waals surface area contributed by atoms with Crippen LogP contribution in [0.15, 0.2) is 30.3 Å². The molecule has 17 heavy (non-hydrogen) atoms. The fourth-order valence-electron chi connectivity index (χ4n) is 3.04. The fourth-order valence-corrected chi connectivity index (χ4v) is 3.04. The van der Waals surface area contributed by atoms with E-state index < -0.39 is 0 Å². The summed E-state index contributed by atoms with van der Waals surface area (Å²) in [6.45, 7) is 0. The molecular formula is C15H22N2. The number of hydrogen-bond donors (Lipinski definition) is 2. The molecule has 2 heteroatoms. The first-order chi connectivity index (χ1) is 8.33. The third-order valence-electron chi connectivity index (χ3n) is 4.24. The summed E-state index contributed by atoms with van der Waals surface area (Å²) in [7, 11) is 0. The summed E-state index contributed by atoms with van der Waals surface area (Å²) in [5.74, 6) is 0.756. The van der Waals surface area contributed by atoms with Crippen LogP contribution in [-0.2, 0) is 0 Å². The predicted molar refractivity (Wildman–Crippen MR) is 71.0 cm³/mol. The maximum Gasteiger partial charge on any atom is 0.0145 e. The molecule has 92 valence electrons. The van der Waals surface area contributed by atoms with Crippen molar-refractivity contribution in [3.05, 3.63) is 35.9 Å². The number of hydrogen-bond acceptors (Lipinski definition) is 2. The summed E-state index contributed by atoms with van der Waals surface area (Å²) in [4.78, 5) is 0. The molecule has 3 N–H and O–H groups in total. The SMILES string of the molecule is NC1CCC(N[C@@H]2C[C@@H]2c2ccccc2)CC1. The van der Waals surface area contributed by atoms with E-state index in [2.05, 4.69) is 35.6 Å². The van der Waals surface area contributed by atoms with Crippen LogP contribution in [0.25, 0.3) is 0 Å². The van der Waals surface area contributed by atoms with Crippen molar-refractivity contribution in [1.82, 2.24) is 5.32 Å². The highest BCUT2D eigenvalue weighted by Crippen LogP contribution is 2.41. The van der Waals surface area contributed by atoms with Crippen LogP contribution in [0.3, 0.4) is 0 Å². The van der Waals surface area contributed by atoms with Gasteiger partial charge in [0.1, 0.15) is 0 Å². The lowest BCUT2D eigenvalue weighted by Gasteiger charge is -2.27. The van der Waals surface area contributed by atoms with Crippen molar-refractivity contribution in [3.8, 4) is 0 Å². The molecule has 2 aliphatic rings. The zero-order chi connectivity index (χ0) is 11.7. The average molecular weight is 230 g/mol. The first-order valence-corrected chi connectivity index (χ1v) is 6.89. The highest BCUT2D eigenvalue weighted by Gasteiger charge is 2.39. The molecule has 0 radical (unpaired) electrons. The third kappa shape index (κ3) is 2.70. The Morgan fingerprint density at radius 3 is 2.41 bits per heavy atom. The van der Waals surface area contributed by atoms with Gasteiger partial charge < -0.3 is 11.1 Å². The molecule has 0 amide bonds. The van der Waals surface area contributed by atoms with Crippen LogP contribution in [0, 0.1) is 0 Å². The quantitative estimate of drug-likeness (QED) is 0.837. The first-order valence-electron chi connectivity index (χ1n) is 6.89. The van der Waals surface area contributed by atoms with E-state index in [4.69, 9.17) is 5.73 Å². The van der Waals surface area contributed by atoms with Crippen molar-refractivity contribution >= 4 is 0 Å². The molecule has 0 heterocycles. The molecule has 2 nitrogen and oxygen atoms in total. The van der Waals surface area contributed by atoms with Gasteiger partial charge in [0.15, 0.2) is 0 Å². The molecule has 1 aromatic rings. The first kappa shape index (κ1) is 11.2. The summed E-state index contributed by atoms with van der Waals surface area (Å²) >= 11 is 0. The van der Waals surface area contributed by atoms with Gasteiger partial charge in [-0.15, -0.1) is 0 Å². The van der Waals surface area contributed by atoms with Gasteiger partial charge in [-0.25, -0.2) is 0 Å². The van der Waals surface area contributed by atoms with Crippen LogP contribution in [0.2, 0.25) is 0 Å². The maximum atomic E-state index is 5.93. The Bertz CT molecular complexity index is 354. The molecular weight excluding hydrogens is 208 g/mol. The molecule has 0 spiro atoms. The zero-order valence-electron chi connectivity index (χ0n) is 10.3. The average Bonchev–Trinajstić information content (AvgIpc) is 3.13. The van der Waals surface area contributed by atoms with Crippen molar-refractivity contribution in [2.45, 2.75) is 56.1 Å². The van der Waals surface area contributed by atoms with Gasteiger partial charge in [-0.3, -0.25) is 0 Å². The second-order valence-corrected chi connectivity index (χ2v) is 5.64. The van der Waals surface area contributed by atoms with E-state index in [1.54, 1.807) is 0 Å². The molecule has 2 aliphatic carbocycles. The van der Waals surface area contributed by atoms with Crippen molar-refractivity contribution < 1.29 is 0 Å². The summed E-state index contributed by atoms with van der Waals surface area (Å²) in [5.41, 5.74) is 7.43. The summed E-state index contributed by atoms with van der Waals surface area (Å²) in [6.07, 6.45) is 6.23. The molecule has 2 saturated carbocycles. The minimum atomic E-state index is 0.456. The van der Waals surface area contributed by atoms with Crippen LogP contribution in [-0.4, -0.2) is 18.1 Å². The molecule has 0 saturated heterocycles. The highest BCUT2D eigenvalue weighted by atomic mass is 15.0. The van der Waals surface area contributed by atoms with Gasteiger partial charge in [-0.2, -0.15) is 0 Å². The Morgan fingerprint density at radius 2 is 1.71 bits per heavy atom. The largest absolute Gasteiger partial charge is 0.328 e. The normalized spacial score (nSPS) is 36.8. The molecule has 0 aromatic heterocycles. The minimum Gasteiger partial charge on any atom is -0.328 e. The van der Waals surface area contributed by atoms with E-state index >= 15 is 0 Å². The topological polar surface area (TPSA) is 38.0 Å². The number of nitrogens with two attached hydrogens (primary N) is 1. The van der Waals surface area contributed by atoms with E-state index in [9.17, 15) is 0 Å². The van der Waals surface area contributed by atoms with Gasteiger partial charge in [-0.05, 0) is 37.7 Å². The Hall–Kier alpha value is -0.860. The predicted octanol–water partition coefficient (Wildman–Crippen LogP) is 2.40. The Kier molecular flexibility index (Phi) is 3.17. The van der Waals surface area contributed by atoms with Crippen molar-refractivity contribution in [1.29, 1.82) is 0 Å². The molecule has 0 aliphatic heterocycles. The summed E-state index contributed by atoms with van der Waals surface area (Å²) in [6, 6.07) is 12.8. The van der Waals surface area contributed by atoms with E-state index in [-0.39, 0.29) is 0 Å². The van der Waals surface area contributed by atoms with Crippen molar-refractivity contribution in [2.75, 3.05) is 0 Å². The van der Waals surface area contributed by atoms with Crippen LogP contribution in [0.5, 0.6) is 0 Å². The minimum absolute atomic E-state index is 0.456. The molecule has 0 bridgehead atoms. The van der Waals surface area contributed by atoms with Gasteiger partial charge in [0.25, 0.3) is 0 Å². The lowest BCUT2D eigenvalue weighted by molar-refractivity contribution is 0.339. The molecule has 1 aromatic carbocycles. The van der Waals surface area contributed by atoms with Crippen LogP contribution < -0.4 is 11.1 Å². The monoisotopic (exact) mass is 230 g/mol. The van der Waals surface area contributed by atoms with Crippen LogP contribution in [0.4, 0.5) is 0 Å². The van der Waals surface area contributed by atoms with Crippen LogP contribution in [0.1, 0.15) is 43.6 Å². The Morgan fingerprint density at radius 1 is 1.00 bits per heavy atom.